The van der Waals surface area contributed by atoms with E-state index in [1.807, 2.05) is 6.20 Å². The highest BCUT2D eigenvalue weighted by molar-refractivity contribution is 5.70. The first-order valence-electron chi connectivity index (χ1n) is 7.70. The van der Waals surface area contributed by atoms with Crippen molar-refractivity contribution in [3.8, 4) is 0 Å². The van der Waals surface area contributed by atoms with E-state index in [1.54, 1.807) is 0 Å². The molecule has 3 heteroatoms. The maximum Gasteiger partial charge on any atom is 0.0562 e. The van der Waals surface area contributed by atoms with Gasteiger partial charge in [0, 0.05) is 36.2 Å². The van der Waals surface area contributed by atoms with Crippen molar-refractivity contribution >= 4 is 11.4 Å². The Bertz CT molecular complexity index is 621. The Morgan fingerprint density at radius 3 is 2.90 bits per heavy atom. The van der Waals surface area contributed by atoms with Gasteiger partial charge in [0.05, 0.1) is 5.69 Å². The summed E-state index contributed by atoms with van der Waals surface area (Å²) < 4.78 is 0. The molecule has 0 radical (unpaired) electrons. The number of rotatable bonds is 4. The quantitative estimate of drug-likeness (QED) is 0.927. The van der Waals surface area contributed by atoms with E-state index in [9.17, 15) is 0 Å². The van der Waals surface area contributed by atoms with Crippen molar-refractivity contribution < 1.29 is 0 Å². The molecule has 0 amide bonds. The number of nitrogens with one attached hydrogen (secondary N) is 1. The molecule has 0 saturated carbocycles. The largest absolute Gasteiger partial charge is 0.338 e. The van der Waals surface area contributed by atoms with Crippen LogP contribution in [0.15, 0.2) is 42.6 Å². The monoisotopic (exact) mass is 281 g/mol. The third-order valence-corrected chi connectivity index (χ3v) is 3.98. The third-order valence-electron chi connectivity index (χ3n) is 3.98. The van der Waals surface area contributed by atoms with Crippen molar-refractivity contribution in [2.45, 2.75) is 45.8 Å². The van der Waals surface area contributed by atoms with E-state index in [2.05, 4.69) is 72.4 Å². The molecular weight excluding hydrogens is 258 g/mol. The second kappa shape index (κ2) is 5.86. The first-order chi connectivity index (χ1) is 10.1. The second-order valence-corrected chi connectivity index (χ2v) is 6.09. The average Bonchev–Trinajstić information content (AvgIpc) is 2.81. The van der Waals surface area contributed by atoms with Crippen LogP contribution in [-0.4, -0.2) is 17.1 Å². The van der Waals surface area contributed by atoms with Gasteiger partial charge in [-0.15, -0.1) is 0 Å². The zero-order valence-electron chi connectivity index (χ0n) is 13.0. The van der Waals surface area contributed by atoms with Crippen LogP contribution in [0.2, 0.25) is 0 Å². The topological polar surface area (TPSA) is 28.2 Å². The fourth-order valence-corrected chi connectivity index (χ4v) is 2.98. The summed E-state index contributed by atoms with van der Waals surface area (Å²) in [6.07, 6.45) is 3.03. The zero-order chi connectivity index (χ0) is 14.8. The molecule has 0 saturated heterocycles. The van der Waals surface area contributed by atoms with E-state index in [0.29, 0.717) is 12.1 Å². The molecule has 1 aliphatic heterocycles. The minimum absolute atomic E-state index is 0.474. The van der Waals surface area contributed by atoms with Crippen LogP contribution in [0.4, 0.5) is 11.4 Å². The number of anilines is 2. The molecule has 3 nitrogen and oxygen atoms in total. The van der Waals surface area contributed by atoms with Crippen molar-refractivity contribution in [2.75, 3.05) is 4.90 Å². The lowest BCUT2D eigenvalue weighted by atomic mass is 10.1. The van der Waals surface area contributed by atoms with Gasteiger partial charge in [0.1, 0.15) is 0 Å². The van der Waals surface area contributed by atoms with Crippen molar-refractivity contribution in [3.63, 3.8) is 0 Å². The van der Waals surface area contributed by atoms with E-state index in [4.69, 9.17) is 0 Å². The average molecular weight is 281 g/mol. The number of pyridine rings is 1. The summed E-state index contributed by atoms with van der Waals surface area (Å²) in [5, 5.41) is 3.43. The first kappa shape index (κ1) is 14.1. The highest BCUT2D eigenvalue weighted by atomic mass is 15.2. The van der Waals surface area contributed by atoms with Gasteiger partial charge in [-0.2, -0.15) is 0 Å². The molecule has 2 heterocycles. The van der Waals surface area contributed by atoms with Crippen LogP contribution in [0.5, 0.6) is 0 Å². The Hall–Kier alpha value is -1.87. The fraction of sp³-hybridized carbons (Fsp3) is 0.389. The van der Waals surface area contributed by atoms with Crippen LogP contribution >= 0.6 is 0 Å². The number of hydrogen-bond donors (Lipinski definition) is 1. The Labute approximate surface area is 127 Å². The van der Waals surface area contributed by atoms with Gasteiger partial charge in [0.2, 0.25) is 0 Å². The van der Waals surface area contributed by atoms with E-state index < -0.39 is 0 Å². The van der Waals surface area contributed by atoms with Crippen molar-refractivity contribution in [1.82, 2.24) is 10.3 Å². The maximum atomic E-state index is 4.47. The van der Waals surface area contributed by atoms with Gasteiger partial charge in [-0.1, -0.05) is 32.0 Å². The first-order valence-corrected chi connectivity index (χ1v) is 7.70. The molecule has 1 N–H and O–H groups in total. The molecule has 1 aliphatic rings. The highest BCUT2D eigenvalue weighted by Crippen LogP contribution is 2.37. The lowest BCUT2D eigenvalue weighted by molar-refractivity contribution is 0.581. The van der Waals surface area contributed by atoms with Gasteiger partial charge >= 0.3 is 0 Å². The molecule has 110 valence electrons. The Morgan fingerprint density at radius 1 is 1.29 bits per heavy atom. The highest BCUT2D eigenvalue weighted by Gasteiger charge is 2.26. The number of para-hydroxylation sites is 1. The van der Waals surface area contributed by atoms with Crippen molar-refractivity contribution in [2.24, 2.45) is 0 Å². The lowest BCUT2D eigenvalue weighted by Crippen LogP contribution is -2.25. The predicted octanol–water partition coefficient (Wildman–Crippen LogP) is 3.66. The summed E-state index contributed by atoms with van der Waals surface area (Å²) in [6, 6.07) is 14.0. The van der Waals surface area contributed by atoms with E-state index in [-0.39, 0.29) is 0 Å². The van der Waals surface area contributed by atoms with Gasteiger partial charge in [0.15, 0.2) is 0 Å². The normalized spacial score (nSPS) is 17.3. The lowest BCUT2D eigenvalue weighted by Gasteiger charge is -2.25. The van der Waals surface area contributed by atoms with E-state index in [0.717, 1.165) is 18.7 Å². The molecular formula is C18H23N3. The van der Waals surface area contributed by atoms with E-state index >= 15 is 0 Å². The Morgan fingerprint density at radius 2 is 2.10 bits per heavy atom. The van der Waals surface area contributed by atoms with Crippen LogP contribution in [0.3, 0.4) is 0 Å². The Kier molecular flexibility index (Phi) is 3.93. The number of hydrogen-bond acceptors (Lipinski definition) is 3. The smallest absolute Gasteiger partial charge is 0.0562 e. The molecule has 0 bridgehead atoms. The summed E-state index contributed by atoms with van der Waals surface area (Å²) in [6.45, 7) is 7.41. The predicted molar refractivity (Wildman–Crippen MR) is 88.0 cm³/mol. The van der Waals surface area contributed by atoms with Crippen molar-refractivity contribution in [3.05, 3.63) is 53.9 Å². The number of nitrogens with zero attached hydrogens (tertiary/aromatic N) is 2. The number of aromatic nitrogens is 1. The third kappa shape index (κ3) is 2.93. The number of fused-ring (bicyclic) bond motifs is 1. The van der Waals surface area contributed by atoms with E-state index in [1.165, 1.54) is 16.9 Å². The van der Waals surface area contributed by atoms with Gasteiger partial charge in [-0.3, -0.25) is 4.98 Å². The molecule has 3 rings (SSSR count). The molecule has 0 fully saturated rings. The number of benzene rings is 1. The second-order valence-electron chi connectivity index (χ2n) is 6.09. The maximum absolute atomic E-state index is 4.47. The zero-order valence-corrected chi connectivity index (χ0v) is 13.0. The summed E-state index contributed by atoms with van der Waals surface area (Å²) >= 11 is 0. The van der Waals surface area contributed by atoms with Crippen molar-refractivity contribution in [1.29, 1.82) is 0 Å². The molecule has 21 heavy (non-hydrogen) atoms. The standard InChI is InChI=1S/C18H23N3/c1-13(2)20-12-16-11-17(8-9-19-16)21-14(3)10-15-6-4-5-7-18(15)21/h4-9,11,13-14,20H,10,12H2,1-3H3. The van der Waals surface area contributed by atoms with Gasteiger partial charge in [-0.05, 0) is 37.1 Å². The molecule has 1 aromatic heterocycles. The minimum atomic E-state index is 0.474. The van der Waals surface area contributed by atoms with Gasteiger partial charge in [0.25, 0.3) is 0 Å². The molecule has 1 aromatic carbocycles. The fourth-order valence-electron chi connectivity index (χ4n) is 2.98. The molecule has 0 spiro atoms. The van der Waals surface area contributed by atoms with Gasteiger partial charge in [-0.25, -0.2) is 0 Å². The molecule has 1 unspecified atom stereocenters. The van der Waals surface area contributed by atoms with Crippen LogP contribution in [0, 0.1) is 0 Å². The van der Waals surface area contributed by atoms with Crippen LogP contribution < -0.4 is 10.2 Å². The minimum Gasteiger partial charge on any atom is -0.338 e. The molecule has 0 aliphatic carbocycles. The summed E-state index contributed by atoms with van der Waals surface area (Å²) in [7, 11) is 0. The summed E-state index contributed by atoms with van der Waals surface area (Å²) in [5.74, 6) is 0. The summed E-state index contributed by atoms with van der Waals surface area (Å²) in [4.78, 5) is 6.90. The van der Waals surface area contributed by atoms with Crippen LogP contribution in [0.25, 0.3) is 0 Å². The van der Waals surface area contributed by atoms with Crippen LogP contribution in [0.1, 0.15) is 32.0 Å². The van der Waals surface area contributed by atoms with Crippen LogP contribution in [-0.2, 0) is 13.0 Å². The van der Waals surface area contributed by atoms with Gasteiger partial charge < -0.3 is 10.2 Å². The summed E-state index contributed by atoms with van der Waals surface area (Å²) in [5.41, 5.74) is 5.10. The molecule has 1 atom stereocenters. The molecule has 2 aromatic rings. The SMILES string of the molecule is CC(C)NCc1cc(N2c3ccccc3CC2C)ccn1. The Balaban J connectivity index is 1.88.